The summed E-state index contributed by atoms with van der Waals surface area (Å²) in [6, 6.07) is 0. The van der Waals surface area contributed by atoms with E-state index in [2.05, 4.69) is 0 Å². The molecule has 0 aliphatic carbocycles. The number of halogens is 4. The van der Waals surface area contributed by atoms with Crippen molar-refractivity contribution in [3.05, 3.63) is 0 Å². The third-order valence-corrected chi connectivity index (χ3v) is 0. The van der Waals surface area contributed by atoms with Gasteiger partial charge in [0.2, 0.25) is 0 Å². The van der Waals surface area contributed by atoms with E-state index in [9.17, 15) is 0 Å². The van der Waals surface area contributed by atoms with Crippen LogP contribution in [0, 0.1) is 0 Å². The van der Waals surface area contributed by atoms with Crippen LogP contribution in [0.2, 0.25) is 0 Å². The largest absolute Gasteiger partial charge is 4.00 e. The zero-order chi connectivity index (χ0) is 0. The normalized spacial score (nSPS) is 0. The smallest absolute Gasteiger partial charge is 1.00 e. The molecule has 0 saturated heterocycles. The van der Waals surface area contributed by atoms with E-state index in [1.54, 1.807) is 0 Å². The maximum absolute atomic E-state index is 0. The van der Waals surface area contributed by atoms with Crippen LogP contribution < -0.4 is 34.2 Å². The van der Waals surface area contributed by atoms with E-state index in [4.69, 9.17) is 0 Å². The minimum atomic E-state index is 0. The average Bonchev–Trinajstić information content (AvgIpc) is 0. The van der Waals surface area contributed by atoms with Gasteiger partial charge in [-0.05, 0) is 0 Å². The van der Waals surface area contributed by atoms with Crippen LogP contribution >= 0.6 is 0 Å². The van der Waals surface area contributed by atoms with E-state index in [0.717, 1.165) is 0 Å². The Kier molecular flexibility index (Phi) is 1640. The third-order valence-electron chi connectivity index (χ3n) is 0. The standard InChI is InChI=1S/2ClH.2FH.Ti/h4*1H;/q;;;;+4/p-4. The monoisotopic (exact) mass is 156 g/mol. The van der Waals surface area contributed by atoms with Crippen molar-refractivity contribution >= 4 is 0 Å². The summed E-state index contributed by atoms with van der Waals surface area (Å²) in [5, 5.41) is 0. The van der Waals surface area contributed by atoms with Gasteiger partial charge in [0.1, 0.15) is 0 Å². The zero-order valence-electron chi connectivity index (χ0n) is 2.01. The quantitative estimate of drug-likeness (QED) is 0.306. The second kappa shape index (κ2) is 66.8. The van der Waals surface area contributed by atoms with E-state index in [1.165, 1.54) is 0 Å². The summed E-state index contributed by atoms with van der Waals surface area (Å²) >= 11 is 0. The fraction of sp³-hybridized carbons (Fsp3) is 0. The van der Waals surface area contributed by atoms with Crippen LogP contribution in [-0.4, -0.2) is 0 Å². The zero-order valence-corrected chi connectivity index (χ0v) is 5.09. The minimum absolute atomic E-state index is 0. The van der Waals surface area contributed by atoms with E-state index in [0.29, 0.717) is 0 Å². The fourth-order valence-corrected chi connectivity index (χ4v) is 0. The number of hydrogen-bond donors (Lipinski definition) is 0. The van der Waals surface area contributed by atoms with Gasteiger partial charge in [-0.1, -0.05) is 0 Å². The summed E-state index contributed by atoms with van der Waals surface area (Å²) in [7, 11) is 0. The van der Waals surface area contributed by atoms with Gasteiger partial charge in [-0.2, -0.15) is 0 Å². The molecule has 0 aromatic carbocycles. The predicted octanol–water partition coefficient (Wildman–Crippen LogP) is -12.0. The molecule has 0 aliphatic heterocycles. The van der Waals surface area contributed by atoms with Gasteiger partial charge in [-0.3, -0.25) is 0 Å². The van der Waals surface area contributed by atoms with Crippen molar-refractivity contribution in [2.24, 2.45) is 0 Å². The Morgan fingerprint density at radius 2 is 0.600 bits per heavy atom. The molecule has 0 aromatic rings. The van der Waals surface area contributed by atoms with Crippen LogP contribution in [-0.2, 0) is 21.7 Å². The molecule has 0 heterocycles. The molecule has 0 amide bonds. The van der Waals surface area contributed by atoms with Crippen LogP contribution in [0.15, 0.2) is 0 Å². The van der Waals surface area contributed by atoms with Crippen molar-refractivity contribution in [1.82, 2.24) is 0 Å². The molecule has 0 nitrogen and oxygen atoms in total. The van der Waals surface area contributed by atoms with Crippen molar-refractivity contribution in [1.29, 1.82) is 0 Å². The number of hydrogen-bond acceptors (Lipinski definition) is 0. The predicted molar refractivity (Wildman–Crippen MR) is 0 cm³/mol. The molecule has 5 heavy (non-hydrogen) atoms. The summed E-state index contributed by atoms with van der Waals surface area (Å²) in [4.78, 5) is 0. The van der Waals surface area contributed by atoms with Crippen molar-refractivity contribution in [3.63, 3.8) is 0 Å². The van der Waals surface area contributed by atoms with Crippen LogP contribution in [0.4, 0.5) is 0 Å². The Hall–Kier alpha value is 1.15. The summed E-state index contributed by atoms with van der Waals surface area (Å²) in [6.07, 6.45) is 0. The Labute approximate surface area is 56.1 Å². The summed E-state index contributed by atoms with van der Waals surface area (Å²) < 4.78 is 0. The molecule has 0 unspecified atom stereocenters. The van der Waals surface area contributed by atoms with Gasteiger partial charge < -0.3 is 34.2 Å². The first-order valence-corrected chi connectivity index (χ1v) is 0. The second-order valence-corrected chi connectivity index (χ2v) is 0. The van der Waals surface area contributed by atoms with Crippen LogP contribution in [0.3, 0.4) is 0 Å². The van der Waals surface area contributed by atoms with Crippen molar-refractivity contribution in [2.75, 3.05) is 0 Å². The third kappa shape index (κ3) is 38.5. The first kappa shape index (κ1) is 123. The molecule has 0 saturated carbocycles. The van der Waals surface area contributed by atoms with Crippen LogP contribution in [0.25, 0.3) is 0 Å². The Morgan fingerprint density at radius 1 is 0.600 bits per heavy atom. The van der Waals surface area contributed by atoms with Crippen LogP contribution in [0.1, 0.15) is 0 Å². The van der Waals surface area contributed by atoms with Gasteiger partial charge in [0.05, 0.1) is 0 Å². The number of rotatable bonds is 0. The van der Waals surface area contributed by atoms with E-state index >= 15 is 0 Å². The Bertz CT molecular complexity index is 7.61. The SMILES string of the molecule is [Cl-].[Cl-].[F-].[F-].[Ti+4]. The van der Waals surface area contributed by atoms with Gasteiger partial charge in [0.15, 0.2) is 0 Å². The maximum Gasteiger partial charge on any atom is 4.00 e. The molecule has 0 rings (SSSR count). The molecule has 32 valence electrons. The topological polar surface area (TPSA) is 0 Å². The molecule has 0 spiro atoms. The molecule has 0 aromatic heterocycles. The molecule has 0 radical (unpaired) electrons. The van der Waals surface area contributed by atoms with Crippen LogP contribution in [0.5, 0.6) is 0 Å². The molecule has 5 heteroatoms. The van der Waals surface area contributed by atoms with E-state index < -0.39 is 0 Å². The van der Waals surface area contributed by atoms with Gasteiger partial charge in [0.25, 0.3) is 0 Å². The van der Waals surface area contributed by atoms with Gasteiger partial charge in [0, 0.05) is 0 Å². The summed E-state index contributed by atoms with van der Waals surface area (Å²) in [6.45, 7) is 0. The maximum atomic E-state index is 0. The Balaban J connectivity index is 0. The van der Waals surface area contributed by atoms with E-state index in [1.807, 2.05) is 0 Å². The van der Waals surface area contributed by atoms with Crippen molar-refractivity contribution in [2.45, 2.75) is 0 Å². The minimum Gasteiger partial charge on any atom is -1.00 e. The first-order valence-electron chi connectivity index (χ1n) is 0. The summed E-state index contributed by atoms with van der Waals surface area (Å²) in [5.74, 6) is 0. The molecule has 0 aliphatic rings. The second-order valence-electron chi connectivity index (χ2n) is 0. The summed E-state index contributed by atoms with van der Waals surface area (Å²) in [5.41, 5.74) is 0. The molecular weight excluding hydrogens is 157 g/mol. The average molecular weight is 157 g/mol. The molecule has 0 atom stereocenters. The van der Waals surface area contributed by atoms with E-state index in [-0.39, 0.29) is 55.9 Å². The van der Waals surface area contributed by atoms with Gasteiger partial charge in [-0.25, -0.2) is 0 Å². The van der Waals surface area contributed by atoms with Crippen molar-refractivity contribution < 1.29 is 55.9 Å². The molecule has 0 fully saturated rings. The fourth-order valence-electron chi connectivity index (χ4n) is 0. The molecular formula is Cl2F2Ti. The first-order chi connectivity index (χ1) is 0. The Morgan fingerprint density at radius 3 is 0.600 bits per heavy atom. The van der Waals surface area contributed by atoms with Gasteiger partial charge in [-0.15, -0.1) is 0 Å². The van der Waals surface area contributed by atoms with Gasteiger partial charge >= 0.3 is 21.7 Å². The molecule has 0 bridgehead atoms. The molecule has 0 N–H and O–H groups in total. The van der Waals surface area contributed by atoms with Crippen molar-refractivity contribution in [3.8, 4) is 0 Å².